The molecule has 1 unspecified atom stereocenters. The second-order valence-corrected chi connectivity index (χ2v) is 6.49. The second-order valence-electron chi connectivity index (χ2n) is 6.49. The zero-order chi connectivity index (χ0) is 19.4. The minimum Gasteiger partial charge on any atom is -0.494 e. The molecule has 1 atom stereocenters. The molecule has 0 amide bonds. The quantitative estimate of drug-likeness (QED) is 0.868. The Morgan fingerprint density at radius 2 is 1.81 bits per heavy atom. The van der Waals surface area contributed by atoms with Crippen LogP contribution in [0.5, 0.6) is 5.75 Å². The minimum atomic E-state index is -1.02. The van der Waals surface area contributed by atoms with Crippen molar-refractivity contribution in [1.82, 2.24) is 4.90 Å². The molecular weight excluding hydrogens is 354 g/mol. The molecule has 0 aromatic heterocycles. The number of ether oxygens (including phenoxy) is 1. The average molecular weight is 376 g/mol. The first-order chi connectivity index (χ1) is 13.0. The highest BCUT2D eigenvalue weighted by Gasteiger charge is 2.30. The van der Waals surface area contributed by atoms with Crippen LogP contribution in [0.2, 0.25) is 0 Å². The molecule has 27 heavy (non-hydrogen) atoms. The van der Waals surface area contributed by atoms with Gasteiger partial charge < -0.3 is 14.7 Å². The third-order valence-electron chi connectivity index (χ3n) is 4.81. The Kier molecular flexibility index (Phi) is 5.91. The van der Waals surface area contributed by atoms with Gasteiger partial charge >= 0.3 is 5.97 Å². The summed E-state index contributed by atoms with van der Waals surface area (Å²) in [5, 5.41) is 9.75. The van der Waals surface area contributed by atoms with E-state index in [0.717, 1.165) is 18.7 Å². The summed E-state index contributed by atoms with van der Waals surface area (Å²) in [5.41, 5.74) is 1.29. The first-order valence-corrected chi connectivity index (χ1v) is 8.80. The Balaban J connectivity index is 1.78. The normalized spacial score (nSPS) is 16.6. The fourth-order valence-electron chi connectivity index (χ4n) is 3.47. The van der Waals surface area contributed by atoms with E-state index in [1.165, 1.54) is 31.4 Å². The Morgan fingerprint density at radius 1 is 1.07 bits per heavy atom. The molecule has 1 N–H and O–H groups in total. The fourth-order valence-corrected chi connectivity index (χ4v) is 3.47. The van der Waals surface area contributed by atoms with Crippen LogP contribution in [0.4, 0.5) is 14.5 Å². The maximum atomic E-state index is 14.1. The molecule has 1 aliphatic rings. The summed E-state index contributed by atoms with van der Waals surface area (Å²) in [6.45, 7) is 2.42. The fraction of sp³-hybridized carbons (Fsp3) is 0.350. The monoisotopic (exact) mass is 376 g/mol. The number of aliphatic carboxylic acids is 1. The van der Waals surface area contributed by atoms with Gasteiger partial charge in [0.25, 0.3) is 0 Å². The number of halogens is 2. The summed E-state index contributed by atoms with van der Waals surface area (Å²) >= 11 is 0. The molecule has 3 rings (SSSR count). The number of carboxylic acid groups (broad SMARTS) is 1. The SMILES string of the molecule is COc1ccc(C(C(=O)O)N2CCCN(c3ccc(F)cc3)CC2)cc1F. The predicted molar refractivity (Wildman–Crippen MR) is 98.1 cm³/mol. The second kappa shape index (κ2) is 8.35. The van der Waals surface area contributed by atoms with Crippen LogP contribution in [0.1, 0.15) is 18.0 Å². The van der Waals surface area contributed by atoms with E-state index in [4.69, 9.17) is 4.74 Å². The lowest BCUT2D eigenvalue weighted by atomic mass is 10.0. The van der Waals surface area contributed by atoms with Crippen molar-refractivity contribution >= 4 is 11.7 Å². The Morgan fingerprint density at radius 3 is 2.44 bits per heavy atom. The van der Waals surface area contributed by atoms with Crippen molar-refractivity contribution in [2.45, 2.75) is 12.5 Å². The van der Waals surface area contributed by atoms with E-state index in [9.17, 15) is 18.7 Å². The number of hydrogen-bond donors (Lipinski definition) is 1. The molecule has 7 heteroatoms. The molecule has 0 saturated carbocycles. The van der Waals surface area contributed by atoms with Crippen LogP contribution in [0, 0.1) is 11.6 Å². The Hall–Kier alpha value is -2.67. The topological polar surface area (TPSA) is 53.0 Å². The maximum absolute atomic E-state index is 14.1. The molecule has 5 nitrogen and oxygen atoms in total. The van der Waals surface area contributed by atoms with E-state index in [1.807, 2.05) is 4.90 Å². The highest BCUT2D eigenvalue weighted by Crippen LogP contribution is 2.28. The summed E-state index contributed by atoms with van der Waals surface area (Å²) in [7, 11) is 1.37. The molecule has 1 aliphatic heterocycles. The molecule has 0 aliphatic carbocycles. The number of anilines is 1. The van der Waals surface area contributed by atoms with Crippen molar-refractivity contribution in [2.75, 3.05) is 38.2 Å². The number of carboxylic acids is 1. The van der Waals surface area contributed by atoms with Crippen LogP contribution in [0.15, 0.2) is 42.5 Å². The van der Waals surface area contributed by atoms with Gasteiger partial charge in [0.1, 0.15) is 11.9 Å². The van der Waals surface area contributed by atoms with E-state index in [0.29, 0.717) is 25.2 Å². The van der Waals surface area contributed by atoms with Gasteiger partial charge in [0, 0.05) is 31.9 Å². The molecular formula is C20H22F2N2O3. The predicted octanol–water partition coefficient (Wildman–Crippen LogP) is 3.31. The summed E-state index contributed by atoms with van der Waals surface area (Å²) in [5.74, 6) is -1.80. The van der Waals surface area contributed by atoms with Crippen LogP contribution in [-0.4, -0.2) is 49.3 Å². The summed E-state index contributed by atoms with van der Waals surface area (Å²) in [4.78, 5) is 15.9. The third-order valence-corrected chi connectivity index (χ3v) is 4.81. The van der Waals surface area contributed by atoms with Gasteiger partial charge in [-0.15, -0.1) is 0 Å². The molecule has 0 bridgehead atoms. The number of methoxy groups -OCH3 is 1. The molecule has 144 valence electrons. The van der Waals surface area contributed by atoms with Gasteiger partial charge in [0.15, 0.2) is 11.6 Å². The van der Waals surface area contributed by atoms with E-state index in [2.05, 4.69) is 4.90 Å². The van der Waals surface area contributed by atoms with Gasteiger partial charge in [-0.05, 0) is 48.4 Å². The zero-order valence-electron chi connectivity index (χ0n) is 15.1. The van der Waals surface area contributed by atoms with E-state index < -0.39 is 17.8 Å². The summed E-state index contributed by atoms with van der Waals surface area (Å²) in [6, 6.07) is 9.60. The number of benzene rings is 2. The Labute approximate surface area is 156 Å². The van der Waals surface area contributed by atoms with E-state index >= 15 is 0 Å². The van der Waals surface area contributed by atoms with Crippen LogP contribution in [0.25, 0.3) is 0 Å². The molecule has 2 aromatic rings. The van der Waals surface area contributed by atoms with Gasteiger partial charge in [0.2, 0.25) is 0 Å². The van der Waals surface area contributed by atoms with Crippen LogP contribution in [0.3, 0.4) is 0 Å². The lowest BCUT2D eigenvalue weighted by Gasteiger charge is -2.28. The van der Waals surface area contributed by atoms with Crippen LogP contribution in [-0.2, 0) is 4.79 Å². The average Bonchev–Trinajstić information content (AvgIpc) is 2.89. The summed E-state index contributed by atoms with van der Waals surface area (Å²) in [6.07, 6.45) is 0.750. The lowest BCUT2D eigenvalue weighted by Crippen LogP contribution is -2.37. The number of carbonyl (C=O) groups is 1. The van der Waals surface area contributed by atoms with Crippen molar-refractivity contribution in [1.29, 1.82) is 0 Å². The molecule has 2 aromatic carbocycles. The van der Waals surface area contributed by atoms with E-state index in [1.54, 1.807) is 18.2 Å². The standard InChI is InChI=1S/C20H22F2N2O3/c1-27-18-8-3-14(13-17(18)22)19(20(25)26)24-10-2-9-23(11-12-24)16-6-4-15(21)5-7-16/h3-8,13,19H,2,9-12H2,1H3,(H,25,26). The highest BCUT2D eigenvalue weighted by atomic mass is 19.1. The van der Waals surface area contributed by atoms with Gasteiger partial charge in [-0.3, -0.25) is 9.69 Å². The largest absolute Gasteiger partial charge is 0.494 e. The molecule has 1 heterocycles. The van der Waals surface area contributed by atoms with E-state index in [-0.39, 0.29) is 11.6 Å². The molecule has 0 spiro atoms. The van der Waals surface area contributed by atoms with Crippen molar-refractivity contribution in [3.05, 3.63) is 59.7 Å². The number of nitrogens with zero attached hydrogens (tertiary/aromatic N) is 2. The smallest absolute Gasteiger partial charge is 0.325 e. The zero-order valence-corrected chi connectivity index (χ0v) is 15.1. The highest BCUT2D eigenvalue weighted by molar-refractivity contribution is 5.75. The Bertz CT molecular complexity index is 798. The van der Waals surface area contributed by atoms with Gasteiger partial charge in [-0.1, -0.05) is 6.07 Å². The summed E-state index contributed by atoms with van der Waals surface area (Å²) < 4.78 is 32.1. The van der Waals surface area contributed by atoms with Crippen molar-refractivity contribution in [3.8, 4) is 5.75 Å². The number of hydrogen-bond acceptors (Lipinski definition) is 4. The van der Waals surface area contributed by atoms with Gasteiger partial charge in [-0.25, -0.2) is 8.78 Å². The maximum Gasteiger partial charge on any atom is 0.325 e. The third kappa shape index (κ3) is 4.36. The van der Waals surface area contributed by atoms with Crippen molar-refractivity contribution < 1.29 is 23.4 Å². The van der Waals surface area contributed by atoms with Crippen LogP contribution >= 0.6 is 0 Å². The van der Waals surface area contributed by atoms with Crippen molar-refractivity contribution in [2.24, 2.45) is 0 Å². The minimum absolute atomic E-state index is 0.0845. The van der Waals surface area contributed by atoms with Crippen LogP contribution < -0.4 is 9.64 Å². The van der Waals surface area contributed by atoms with Gasteiger partial charge in [0.05, 0.1) is 7.11 Å². The van der Waals surface area contributed by atoms with Gasteiger partial charge in [-0.2, -0.15) is 0 Å². The molecule has 0 radical (unpaired) electrons. The van der Waals surface area contributed by atoms with Crippen molar-refractivity contribution in [3.63, 3.8) is 0 Å². The first kappa shape index (κ1) is 19.1. The lowest BCUT2D eigenvalue weighted by molar-refractivity contribution is -0.143. The molecule has 1 fully saturated rings. The molecule has 1 saturated heterocycles. The first-order valence-electron chi connectivity index (χ1n) is 8.80. The number of rotatable bonds is 5.